The van der Waals surface area contributed by atoms with E-state index in [1.54, 1.807) is 0 Å². The van der Waals surface area contributed by atoms with Crippen LogP contribution in [0.3, 0.4) is 0 Å². The van der Waals surface area contributed by atoms with E-state index in [1.165, 1.54) is 24.8 Å². The summed E-state index contributed by atoms with van der Waals surface area (Å²) in [7, 11) is 0. The molecule has 0 atom stereocenters. The molecule has 1 aromatic carbocycles. The highest BCUT2D eigenvalue weighted by molar-refractivity contribution is 14.0. The van der Waals surface area contributed by atoms with Crippen molar-refractivity contribution < 1.29 is 4.42 Å². The molecule has 0 unspecified atom stereocenters. The maximum Gasteiger partial charge on any atom is 0.216 e. The smallest absolute Gasteiger partial charge is 0.216 e. The van der Waals surface area contributed by atoms with Gasteiger partial charge in [-0.2, -0.15) is 0 Å². The average Bonchev–Trinajstić information content (AvgIpc) is 2.90. The Balaban J connectivity index is 0.00000261. The summed E-state index contributed by atoms with van der Waals surface area (Å²) in [5.74, 6) is 2.32. The lowest BCUT2D eigenvalue weighted by molar-refractivity contribution is 0.243. The lowest BCUT2D eigenvalue weighted by Crippen LogP contribution is -2.48. The number of halogens is 2. The second kappa shape index (κ2) is 9.91. The monoisotopic (exact) mass is 546 g/mol. The van der Waals surface area contributed by atoms with Crippen molar-refractivity contribution in [1.29, 1.82) is 0 Å². The molecule has 148 valence electrons. The summed E-state index contributed by atoms with van der Waals surface area (Å²) in [5.41, 5.74) is 2.51. The van der Waals surface area contributed by atoms with Gasteiger partial charge >= 0.3 is 0 Å². The van der Waals surface area contributed by atoms with Gasteiger partial charge in [-0.05, 0) is 51.3 Å². The number of hydrogen-bond acceptors (Lipinski definition) is 3. The minimum Gasteiger partial charge on any atom is -0.444 e. The van der Waals surface area contributed by atoms with Crippen molar-refractivity contribution in [3.05, 3.63) is 51.6 Å². The Kier molecular flexibility index (Phi) is 8.15. The lowest BCUT2D eigenvalue weighted by Gasteiger charge is -2.43. The first kappa shape index (κ1) is 22.2. The van der Waals surface area contributed by atoms with Gasteiger partial charge in [-0.25, -0.2) is 9.98 Å². The van der Waals surface area contributed by atoms with Gasteiger partial charge in [0.15, 0.2) is 5.96 Å². The molecule has 27 heavy (non-hydrogen) atoms. The van der Waals surface area contributed by atoms with Crippen molar-refractivity contribution >= 4 is 45.9 Å². The number of aryl methyl sites for hydroxylation is 2. The minimum absolute atomic E-state index is 0. The van der Waals surface area contributed by atoms with Crippen LogP contribution in [-0.4, -0.2) is 24.0 Å². The standard InChI is InChI=1S/C20H27BrN4O.HI/c1-4-22-19(23-12-18-25-14(2)15(3)26-18)24-13-20(9-6-10-20)16-7-5-8-17(21)11-16;/h5,7-8,11H,4,6,9-10,12-13H2,1-3H3,(H2,22,23,24);1H. The van der Waals surface area contributed by atoms with Crippen LogP contribution in [0, 0.1) is 13.8 Å². The van der Waals surface area contributed by atoms with Crippen LogP contribution in [0.4, 0.5) is 0 Å². The van der Waals surface area contributed by atoms with Gasteiger partial charge in [0.05, 0.1) is 5.69 Å². The van der Waals surface area contributed by atoms with Crippen molar-refractivity contribution in [3.8, 4) is 0 Å². The molecule has 1 fully saturated rings. The van der Waals surface area contributed by atoms with E-state index in [0.29, 0.717) is 12.4 Å². The summed E-state index contributed by atoms with van der Waals surface area (Å²) in [6, 6.07) is 8.67. The number of guanidine groups is 1. The molecule has 0 spiro atoms. The summed E-state index contributed by atoms with van der Waals surface area (Å²) in [4.78, 5) is 9.04. The summed E-state index contributed by atoms with van der Waals surface area (Å²) in [5, 5.41) is 6.85. The summed E-state index contributed by atoms with van der Waals surface area (Å²) >= 11 is 3.60. The van der Waals surface area contributed by atoms with Gasteiger partial charge in [0.1, 0.15) is 12.3 Å². The van der Waals surface area contributed by atoms with Crippen LogP contribution in [0.2, 0.25) is 0 Å². The Morgan fingerprint density at radius 3 is 2.63 bits per heavy atom. The van der Waals surface area contributed by atoms with E-state index in [2.05, 4.69) is 67.7 Å². The molecule has 1 aromatic heterocycles. The molecule has 3 rings (SSSR count). The Hall–Kier alpha value is -1.09. The van der Waals surface area contributed by atoms with Gasteiger partial charge in [-0.1, -0.05) is 34.5 Å². The Morgan fingerprint density at radius 1 is 1.30 bits per heavy atom. The maximum atomic E-state index is 5.62. The van der Waals surface area contributed by atoms with Gasteiger partial charge in [0.2, 0.25) is 5.89 Å². The SMILES string of the molecule is CCNC(=NCc1nc(C)c(C)o1)NCC1(c2cccc(Br)c2)CCC1.I. The van der Waals surface area contributed by atoms with Crippen molar-refractivity contribution in [2.45, 2.75) is 52.0 Å². The minimum atomic E-state index is 0. The Morgan fingerprint density at radius 2 is 2.07 bits per heavy atom. The number of benzene rings is 1. The van der Waals surface area contributed by atoms with E-state index in [9.17, 15) is 0 Å². The van der Waals surface area contributed by atoms with Crippen LogP contribution >= 0.6 is 39.9 Å². The molecule has 5 nitrogen and oxygen atoms in total. The third-order valence-electron chi connectivity index (χ3n) is 5.13. The molecule has 0 amide bonds. The first-order chi connectivity index (χ1) is 12.5. The van der Waals surface area contributed by atoms with Gasteiger partial charge in [-0.3, -0.25) is 0 Å². The quantitative estimate of drug-likeness (QED) is 0.309. The van der Waals surface area contributed by atoms with Crippen molar-refractivity contribution in [2.24, 2.45) is 4.99 Å². The fourth-order valence-electron chi connectivity index (χ4n) is 3.34. The van der Waals surface area contributed by atoms with Gasteiger partial charge in [0.25, 0.3) is 0 Å². The van der Waals surface area contributed by atoms with Gasteiger partial charge in [0, 0.05) is 23.0 Å². The highest BCUT2D eigenvalue weighted by Gasteiger charge is 2.38. The largest absolute Gasteiger partial charge is 0.444 e. The van der Waals surface area contributed by atoms with Crippen LogP contribution in [0.15, 0.2) is 38.1 Å². The van der Waals surface area contributed by atoms with Crippen LogP contribution in [0.1, 0.15) is 49.1 Å². The fraction of sp³-hybridized carbons (Fsp3) is 0.500. The van der Waals surface area contributed by atoms with Crippen LogP contribution < -0.4 is 10.6 Å². The molecular weight excluding hydrogens is 519 g/mol. The van der Waals surface area contributed by atoms with E-state index in [4.69, 9.17) is 4.42 Å². The second-order valence-corrected chi connectivity index (χ2v) is 7.86. The van der Waals surface area contributed by atoms with E-state index < -0.39 is 0 Å². The van der Waals surface area contributed by atoms with Crippen LogP contribution in [0.5, 0.6) is 0 Å². The zero-order valence-corrected chi connectivity index (χ0v) is 20.1. The normalized spacial score (nSPS) is 15.6. The summed E-state index contributed by atoms with van der Waals surface area (Å²) < 4.78 is 6.76. The fourth-order valence-corrected chi connectivity index (χ4v) is 3.74. The molecule has 0 aliphatic heterocycles. The molecule has 1 aliphatic rings. The number of nitrogens with one attached hydrogen (secondary N) is 2. The summed E-state index contributed by atoms with van der Waals surface area (Å²) in [6.07, 6.45) is 3.68. The summed E-state index contributed by atoms with van der Waals surface area (Å²) in [6.45, 7) is 8.08. The highest BCUT2D eigenvalue weighted by atomic mass is 127. The highest BCUT2D eigenvalue weighted by Crippen LogP contribution is 2.43. The zero-order chi connectivity index (χ0) is 18.6. The van der Waals surface area contributed by atoms with Crippen molar-refractivity contribution in [1.82, 2.24) is 15.6 Å². The second-order valence-electron chi connectivity index (χ2n) is 6.94. The molecule has 1 aliphatic carbocycles. The first-order valence-electron chi connectivity index (χ1n) is 9.23. The Labute approximate surface area is 187 Å². The first-order valence-corrected chi connectivity index (χ1v) is 10.0. The average molecular weight is 547 g/mol. The van der Waals surface area contributed by atoms with E-state index in [0.717, 1.165) is 35.0 Å². The number of oxazole rings is 1. The number of nitrogens with zero attached hydrogens (tertiary/aromatic N) is 2. The van der Waals surface area contributed by atoms with Crippen molar-refractivity contribution in [3.63, 3.8) is 0 Å². The molecule has 2 N–H and O–H groups in total. The molecule has 0 saturated heterocycles. The Bertz CT molecular complexity index is 767. The number of rotatable bonds is 6. The molecule has 2 aromatic rings. The van der Waals surface area contributed by atoms with Gasteiger partial charge < -0.3 is 15.1 Å². The topological polar surface area (TPSA) is 62.5 Å². The lowest BCUT2D eigenvalue weighted by atomic mass is 9.64. The third-order valence-corrected chi connectivity index (χ3v) is 5.62. The zero-order valence-electron chi connectivity index (χ0n) is 16.1. The number of aromatic nitrogens is 1. The van der Waals surface area contributed by atoms with Crippen molar-refractivity contribution in [2.75, 3.05) is 13.1 Å². The number of hydrogen-bond donors (Lipinski definition) is 2. The molecule has 1 heterocycles. The predicted molar refractivity (Wildman–Crippen MR) is 124 cm³/mol. The molecule has 0 radical (unpaired) electrons. The van der Waals surface area contributed by atoms with E-state index in [-0.39, 0.29) is 29.4 Å². The van der Waals surface area contributed by atoms with Crippen LogP contribution in [-0.2, 0) is 12.0 Å². The predicted octanol–water partition coefficient (Wildman–Crippen LogP) is 4.85. The van der Waals surface area contributed by atoms with Crippen LogP contribution in [0.25, 0.3) is 0 Å². The van der Waals surface area contributed by atoms with Gasteiger partial charge in [-0.15, -0.1) is 24.0 Å². The molecular formula is C20H28BrIN4O. The third kappa shape index (κ3) is 5.47. The molecule has 0 bridgehead atoms. The molecule has 1 saturated carbocycles. The maximum absolute atomic E-state index is 5.62. The van der Waals surface area contributed by atoms with E-state index >= 15 is 0 Å². The van der Waals surface area contributed by atoms with E-state index in [1.807, 2.05) is 13.8 Å². The molecule has 7 heteroatoms. The number of aliphatic imine (C=N–C) groups is 1.